The molecule has 0 aliphatic carbocycles. The first-order valence-electron chi connectivity index (χ1n) is 17.7. The molecule has 276 valence electrons. The highest BCUT2D eigenvalue weighted by atomic mass is 35.5. The maximum Gasteiger partial charge on any atom is 0.374 e. The number of carbonyl (C=O) groups excluding carboxylic acids is 2. The van der Waals surface area contributed by atoms with Crippen LogP contribution in [0.15, 0.2) is 86.7 Å². The number of esters is 1. The molecule has 0 radical (unpaired) electrons. The van der Waals surface area contributed by atoms with E-state index >= 15 is 0 Å². The van der Waals surface area contributed by atoms with Crippen molar-refractivity contribution in [3.8, 4) is 0 Å². The fourth-order valence-corrected chi connectivity index (χ4v) is 8.65. The summed E-state index contributed by atoms with van der Waals surface area (Å²) in [5.41, 5.74) is 3.74. The molecule has 0 aliphatic heterocycles. The summed E-state index contributed by atoms with van der Waals surface area (Å²) < 4.78 is 48.1. The Morgan fingerprint density at radius 3 is 2.31 bits per heavy atom. The van der Waals surface area contributed by atoms with Gasteiger partial charge in [-0.25, -0.2) is 13.2 Å². The maximum atomic E-state index is 15.0. The molecule has 52 heavy (non-hydrogen) atoms. The lowest BCUT2D eigenvalue weighted by atomic mass is 10.0. The van der Waals surface area contributed by atoms with Crippen LogP contribution in [0.5, 0.6) is 0 Å². The van der Waals surface area contributed by atoms with Crippen LogP contribution in [0.1, 0.15) is 84.4 Å². The highest BCUT2D eigenvalue weighted by Crippen LogP contribution is 2.38. The van der Waals surface area contributed by atoms with E-state index in [0.717, 1.165) is 25.2 Å². The minimum Gasteiger partial charge on any atom is -0.467 e. The average Bonchev–Trinajstić information content (AvgIpc) is 3.78. The first-order valence-corrected chi connectivity index (χ1v) is 19.5. The second-order valence-electron chi connectivity index (χ2n) is 12.3. The van der Waals surface area contributed by atoms with Gasteiger partial charge in [-0.15, -0.1) is 0 Å². The molecule has 1 amide bonds. The van der Waals surface area contributed by atoms with Gasteiger partial charge in [-0.1, -0.05) is 43.6 Å². The summed E-state index contributed by atoms with van der Waals surface area (Å²) >= 11 is 6.50. The van der Waals surface area contributed by atoms with E-state index in [9.17, 15) is 18.0 Å². The predicted molar refractivity (Wildman–Crippen MR) is 205 cm³/mol. The Morgan fingerprint density at radius 1 is 0.904 bits per heavy atom. The van der Waals surface area contributed by atoms with Gasteiger partial charge in [0.15, 0.2) is 0 Å². The van der Waals surface area contributed by atoms with E-state index in [2.05, 4.69) is 18.7 Å². The van der Waals surface area contributed by atoms with Crippen LogP contribution in [0.4, 0.5) is 11.4 Å². The molecule has 12 heteroatoms. The smallest absolute Gasteiger partial charge is 0.374 e. The number of carbonyl (C=O) groups is 2. The summed E-state index contributed by atoms with van der Waals surface area (Å²) in [7, 11) is -4.21. The fraction of sp³-hybridized carbons (Fsp3) is 0.350. The molecule has 10 nitrogen and oxygen atoms in total. The third kappa shape index (κ3) is 7.71. The van der Waals surface area contributed by atoms with Crippen LogP contribution in [0.2, 0.25) is 5.02 Å². The normalized spacial score (nSPS) is 11.5. The number of nitrogens with zero attached hydrogens (tertiary/aromatic N) is 3. The molecule has 2 heterocycles. The lowest BCUT2D eigenvalue weighted by Gasteiger charge is -2.31. The summed E-state index contributed by atoms with van der Waals surface area (Å²) in [6.07, 6.45) is 2.82. The predicted octanol–water partition coefficient (Wildman–Crippen LogP) is 9.02. The van der Waals surface area contributed by atoms with Gasteiger partial charge in [-0.3, -0.25) is 9.10 Å². The van der Waals surface area contributed by atoms with E-state index in [4.69, 9.17) is 25.2 Å². The van der Waals surface area contributed by atoms with Crippen LogP contribution in [0, 0.1) is 6.92 Å². The zero-order valence-electron chi connectivity index (χ0n) is 30.6. The molecule has 0 unspecified atom stereocenters. The third-order valence-corrected chi connectivity index (χ3v) is 11.4. The third-order valence-electron chi connectivity index (χ3n) is 9.09. The number of benzene rings is 3. The van der Waals surface area contributed by atoms with Crippen LogP contribution < -0.4 is 9.21 Å². The molecule has 5 rings (SSSR count). The minimum atomic E-state index is -4.21. The highest BCUT2D eigenvalue weighted by molar-refractivity contribution is 7.93. The zero-order chi connectivity index (χ0) is 37.6. The van der Waals surface area contributed by atoms with E-state index in [1.54, 1.807) is 80.5 Å². The van der Waals surface area contributed by atoms with Gasteiger partial charge < -0.3 is 23.4 Å². The number of hydrogen-bond acceptors (Lipinski definition) is 8. The molecule has 0 atom stereocenters. The molecular weight excluding hydrogens is 702 g/mol. The van der Waals surface area contributed by atoms with E-state index in [-0.39, 0.29) is 42.8 Å². The standard InChI is InChI=1S/C40H46ClN3O7S/c1-7-22-42(9-3)29-19-18-28(25-43(26-30-15-14-23-50-30)39(45)32-16-12-13-17-33(32)41)34(24-29)44(10-4)52(47,48)36-21-20-35-37(31(36)8-2)27(6)38(51-35)40(46)49-11-5/h12-21,23-24H,7-11,22,25-26H2,1-6H3. The molecule has 0 spiro atoms. The first kappa shape index (κ1) is 38.5. The number of rotatable bonds is 16. The molecule has 0 fully saturated rings. The molecule has 5 aromatic rings. The van der Waals surface area contributed by atoms with E-state index < -0.39 is 16.0 Å². The highest BCUT2D eigenvalue weighted by Gasteiger charge is 2.32. The molecule has 0 bridgehead atoms. The first-order chi connectivity index (χ1) is 25.0. The monoisotopic (exact) mass is 747 g/mol. The lowest BCUT2D eigenvalue weighted by Crippen LogP contribution is -2.35. The van der Waals surface area contributed by atoms with E-state index in [1.807, 2.05) is 25.1 Å². The van der Waals surface area contributed by atoms with Crippen molar-refractivity contribution in [2.24, 2.45) is 0 Å². The number of aryl methyl sites for hydroxylation is 2. The van der Waals surface area contributed by atoms with Crippen LogP contribution in [-0.2, 0) is 34.3 Å². The minimum absolute atomic E-state index is 0.0545. The van der Waals surface area contributed by atoms with Gasteiger partial charge in [0.2, 0.25) is 5.76 Å². The molecule has 2 aromatic heterocycles. The van der Waals surface area contributed by atoms with Gasteiger partial charge >= 0.3 is 5.97 Å². The number of anilines is 2. The molecule has 0 saturated carbocycles. The van der Waals surface area contributed by atoms with Crippen molar-refractivity contribution in [1.82, 2.24) is 4.90 Å². The Hall–Kier alpha value is -4.74. The van der Waals surface area contributed by atoms with Crippen LogP contribution in [-0.4, -0.2) is 51.4 Å². The Balaban J connectivity index is 1.67. The number of sulfonamides is 1. The van der Waals surface area contributed by atoms with Gasteiger partial charge in [0.1, 0.15) is 11.3 Å². The topological polar surface area (TPSA) is 114 Å². The van der Waals surface area contributed by atoms with Crippen molar-refractivity contribution in [3.05, 3.63) is 112 Å². The van der Waals surface area contributed by atoms with E-state index in [0.29, 0.717) is 56.1 Å². The summed E-state index contributed by atoms with van der Waals surface area (Å²) in [6, 6.07) is 19.3. The summed E-state index contributed by atoms with van der Waals surface area (Å²) in [5, 5.41) is 0.887. The fourth-order valence-electron chi connectivity index (χ4n) is 6.63. The largest absolute Gasteiger partial charge is 0.467 e. The summed E-state index contributed by atoms with van der Waals surface area (Å²) in [4.78, 5) is 30.7. The average molecular weight is 748 g/mol. The molecule has 0 saturated heterocycles. The Morgan fingerprint density at radius 2 is 1.67 bits per heavy atom. The Kier molecular flexibility index (Phi) is 12.4. The van der Waals surface area contributed by atoms with Gasteiger partial charge in [0.05, 0.1) is 40.6 Å². The van der Waals surface area contributed by atoms with Crippen molar-refractivity contribution >= 4 is 55.8 Å². The molecule has 0 N–H and O–H groups in total. The SMILES string of the molecule is CCCN(CC)c1ccc(CN(Cc2ccco2)C(=O)c2ccccc2Cl)c(N(CC)S(=O)(=O)c2ccc3oc(C(=O)OCC)c(C)c3c2CC)c1. The lowest BCUT2D eigenvalue weighted by molar-refractivity contribution is 0.0491. The number of ether oxygens (including phenoxy) is 1. The van der Waals surface area contributed by atoms with Crippen LogP contribution in [0.25, 0.3) is 11.0 Å². The van der Waals surface area contributed by atoms with Gasteiger partial charge in [-0.2, -0.15) is 0 Å². The van der Waals surface area contributed by atoms with Crippen molar-refractivity contribution < 1.29 is 31.6 Å². The van der Waals surface area contributed by atoms with Crippen molar-refractivity contribution in [1.29, 1.82) is 0 Å². The van der Waals surface area contributed by atoms with Gasteiger partial charge in [0, 0.05) is 42.8 Å². The second kappa shape index (κ2) is 16.7. The Labute approximate surface area is 310 Å². The number of furan rings is 2. The number of amides is 1. The van der Waals surface area contributed by atoms with Crippen molar-refractivity contribution in [2.75, 3.05) is 35.4 Å². The maximum absolute atomic E-state index is 15.0. The molecule has 0 aliphatic rings. The number of halogens is 1. The summed E-state index contributed by atoms with van der Waals surface area (Å²) in [5.74, 6) is -0.302. The van der Waals surface area contributed by atoms with E-state index in [1.165, 1.54) is 4.31 Å². The molecule has 3 aromatic carbocycles. The van der Waals surface area contributed by atoms with Crippen molar-refractivity contribution in [3.63, 3.8) is 0 Å². The number of hydrogen-bond donors (Lipinski definition) is 0. The van der Waals surface area contributed by atoms with Gasteiger partial charge in [0.25, 0.3) is 15.9 Å². The quantitative estimate of drug-likeness (QED) is 0.0920. The zero-order valence-corrected chi connectivity index (χ0v) is 32.1. The molecular formula is C40H46ClN3O7S. The van der Waals surface area contributed by atoms with Crippen LogP contribution >= 0.6 is 11.6 Å². The second-order valence-corrected chi connectivity index (χ2v) is 14.6. The van der Waals surface area contributed by atoms with Gasteiger partial charge in [-0.05, 0) is 100 Å². The van der Waals surface area contributed by atoms with Crippen molar-refractivity contribution in [2.45, 2.75) is 72.4 Å². The van der Waals surface area contributed by atoms with Crippen LogP contribution in [0.3, 0.4) is 0 Å². The number of fused-ring (bicyclic) bond motifs is 1. The Bertz CT molecular complexity index is 2140. The summed E-state index contributed by atoms with van der Waals surface area (Å²) in [6.45, 7) is 13.3.